The van der Waals surface area contributed by atoms with Crippen molar-refractivity contribution in [2.45, 2.75) is 32.2 Å². The Morgan fingerprint density at radius 2 is 2.29 bits per heavy atom. The number of piperidine rings is 1. The highest BCUT2D eigenvalue weighted by atomic mass is 16.5. The second-order valence-corrected chi connectivity index (χ2v) is 4.29. The summed E-state index contributed by atoms with van der Waals surface area (Å²) >= 11 is 0. The smallest absolute Gasteiger partial charge is 0.356 e. The van der Waals surface area contributed by atoms with Gasteiger partial charge in [0.1, 0.15) is 12.1 Å². The van der Waals surface area contributed by atoms with Crippen molar-refractivity contribution in [2.75, 3.05) is 18.6 Å². The van der Waals surface area contributed by atoms with Crippen LogP contribution in [0.15, 0.2) is 12.4 Å². The highest BCUT2D eigenvalue weighted by molar-refractivity contribution is 5.87. The predicted octanol–water partition coefficient (Wildman–Crippen LogP) is 1.64. The predicted molar refractivity (Wildman–Crippen MR) is 64.0 cm³/mol. The van der Waals surface area contributed by atoms with Gasteiger partial charge in [-0.15, -0.1) is 0 Å². The van der Waals surface area contributed by atoms with Crippen molar-refractivity contribution in [3.63, 3.8) is 0 Å². The molecule has 5 heteroatoms. The van der Waals surface area contributed by atoms with Crippen LogP contribution in [0.3, 0.4) is 0 Å². The molecule has 5 nitrogen and oxygen atoms in total. The van der Waals surface area contributed by atoms with Crippen LogP contribution < -0.4 is 4.90 Å². The number of hydrogen-bond donors (Lipinski definition) is 0. The average Bonchev–Trinajstić information content (AvgIpc) is 2.38. The van der Waals surface area contributed by atoms with E-state index in [2.05, 4.69) is 26.5 Å². The number of rotatable bonds is 2. The molecule has 2 heterocycles. The zero-order valence-electron chi connectivity index (χ0n) is 10.2. The number of nitrogens with zero attached hydrogens (tertiary/aromatic N) is 3. The first kappa shape index (κ1) is 11.8. The summed E-state index contributed by atoms with van der Waals surface area (Å²) in [6.45, 7) is 3.16. The van der Waals surface area contributed by atoms with Gasteiger partial charge >= 0.3 is 5.97 Å². The van der Waals surface area contributed by atoms with E-state index in [-0.39, 0.29) is 0 Å². The molecule has 92 valence electrons. The molecule has 0 N–H and O–H groups in total. The van der Waals surface area contributed by atoms with Crippen LogP contribution in [0.25, 0.3) is 0 Å². The number of anilines is 1. The quantitative estimate of drug-likeness (QED) is 0.729. The maximum Gasteiger partial charge on any atom is 0.356 e. The molecule has 2 rings (SSSR count). The molecule has 1 aromatic heterocycles. The lowest BCUT2D eigenvalue weighted by molar-refractivity contribution is 0.0594. The Bertz CT molecular complexity index is 408. The van der Waals surface area contributed by atoms with Gasteiger partial charge in [-0.05, 0) is 26.2 Å². The summed E-state index contributed by atoms with van der Waals surface area (Å²) in [6.07, 6.45) is 5.01. The Balaban J connectivity index is 2.23. The molecule has 1 saturated heterocycles. The van der Waals surface area contributed by atoms with Gasteiger partial charge in [-0.1, -0.05) is 0 Å². The van der Waals surface area contributed by atoms with Crippen LogP contribution in [0.1, 0.15) is 36.7 Å². The number of ether oxygens (including phenoxy) is 1. The van der Waals surface area contributed by atoms with Crippen LogP contribution in [0, 0.1) is 0 Å². The third-order valence-electron chi connectivity index (χ3n) is 3.14. The van der Waals surface area contributed by atoms with Gasteiger partial charge in [-0.25, -0.2) is 14.8 Å². The zero-order chi connectivity index (χ0) is 12.3. The van der Waals surface area contributed by atoms with E-state index in [1.165, 1.54) is 26.3 Å². The molecule has 0 saturated carbocycles. The lowest BCUT2D eigenvalue weighted by Gasteiger charge is -2.34. The Labute approximate surface area is 101 Å². The van der Waals surface area contributed by atoms with E-state index in [9.17, 15) is 4.79 Å². The molecule has 1 fully saturated rings. The molecule has 1 atom stereocenters. The number of carbonyl (C=O) groups excluding carboxylic acids is 1. The second-order valence-electron chi connectivity index (χ2n) is 4.29. The number of hydrogen-bond acceptors (Lipinski definition) is 5. The van der Waals surface area contributed by atoms with E-state index in [0.29, 0.717) is 11.7 Å². The summed E-state index contributed by atoms with van der Waals surface area (Å²) < 4.78 is 4.66. The van der Waals surface area contributed by atoms with Crippen LogP contribution in [0.4, 0.5) is 5.82 Å². The first-order valence-corrected chi connectivity index (χ1v) is 5.89. The molecule has 0 aromatic carbocycles. The lowest BCUT2D eigenvalue weighted by atomic mass is 10.0. The van der Waals surface area contributed by atoms with Gasteiger partial charge in [0.25, 0.3) is 0 Å². The van der Waals surface area contributed by atoms with E-state index < -0.39 is 5.97 Å². The molecular weight excluding hydrogens is 218 g/mol. The standard InChI is InChI=1S/C12H17N3O2/c1-9-5-3-4-6-15(9)11-7-10(12(16)17-2)13-8-14-11/h7-9H,3-6H2,1-2H3/t9-/m1/s1. The minimum Gasteiger partial charge on any atom is -0.464 e. The average molecular weight is 235 g/mol. The SMILES string of the molecule is COC(=O)c1cc(N2CCCC[C@H]2C)ncn1. The molecule has 1 aromatic rings. The van der Waals surface area contributed by atoms with Gasteiger partial charge in [0.05, 0.1) is 7.11 Å². The molecule has 0 unspecified atom stereocenters. The second kappa shape index (κ2) is 5.12. The highest BCUT2D eigenvalue weighted by Gasteiger charge is 2.20. The lowest BCUT2D eigenvalue weighted by Crippen LogP contribution is -2.38. The first-order chi connectivity index (χ1) is 8.22. The van der Waals surface area contributed by atoms with Crippen molar-refractivity contribution in [3.05, 3.63) is 18.1 Å². The van der Waals surface area contributed by atoms with Crippen LogP contribution in [-0.4, -0.2) is 35.6 Å². The van der Waals surface area contributed by atoms with E-state index in [4.69, 9.17) is 0 Å². The van der Waals surface area contributed by atoms with Crippen molar-refractivity contribution < 1.29 is 9.53 Å². The number of esters is 1. The molecular formula is C12H17N3O2. The largest absolute Gasteiger partial charge is 0.464 e. The van der Waals surface area contributed by atoms with Crippen molar-refractivity contribution >= 4 is 11.8 Å². The van der Waals surface area contributed by atoms with Crippen LogP contribution >= 0.6 is 0 Å². The molecule has 1 aliphatic rings. The summed E-state index contributed by atoms with van der Waals surface area (Å²) in [5, 5.41) is 0. The third-order valence-corrected chi connectivity index (χ3v) is 3.14. The summed E-state index contributed by atoms with van der Waals surface area (Å²) in [5.74, 6) is 0.394. The Morgan fingerprint density at radius 1 is 1.47 bits per heavy atom. The maximum atomic E-state index is 11.4. The minimum absolute atomic E-state index is 0.315. The van der Waals surface area contributed by atoms with E-state index in [1.54, 1.807) is 6.07 Å². The Morgan fingerprint density at radius 3 is 3.00 bits per heavy atom. The van der Waals surface area contributed by atoms with Gasteiger partial charge in [0, 0.05) is 18.7 Å². The van der Waals surface area contributed by atoms with Gasteiger partial charge in [-0.2, -0.15) is 0 Å². The summed E-state index contributed by atoms with van der Waals surface area (Å²) in [5.41, 5.74) is 0.315. The van der Waals surface area contributed by atoms with Crippen molar-refractivity contribution in [1.82, 2.24) is 9.97 Å². The van der Waals surface area contributed by atoms with Crippen LogP contribution in [-0.2, 0) is 4.74 Å². The zero-order valence-corrected chi connectivity index (χ0v) is 10.2. The molecule has 0 spiro atoms. The van der Waals surface area contributed by atoms with Crippen LogP contribution in [0.5, 0.6) is 0 Å². The number of carbonyl (C=O) groups is 1. The molecule has 0 bridgehead atoms. The summed E-state index contributed by atoms with van der Waals surface area (Å²) in [7, 11) is 1.35. The molecule has 17 heavy (non-hydrogen) atoms. The van der Waals surface area contributed by atoms with Crippen LogP contribution in [0.2, 0.25) is 0 Å². The van der Waals surface area contributed by atoms with E-state index in [0.717, 1.165) is 18.8 Å². The Hall–Kier alpha value is -1.65. The Kier molecular flexibility index (Phi) is 3.56. The van der Waals surface area contributed by atoms with Crippen molar-refractivity contribution in [1.29, 1.82) is 0 Å². The number of methoxy groups -OCH3 is 1. The fourth-order valence-corrected chi connectivity index (χ4v) is 2.16. The molecule has 0 amide bonds. The normalized spacial score (nSPS) is 20.1. The van der Waals surface area contributed by atoms with Crippen molar-refractivity contribution in [2.24, 2.45) is 0 Å². The number of aromatic nitrogens is 2. The molecule has 0 aliphatic carbocycles. The molecule has 1 aliphatic heterocycles. The van der Waals surface area contributed by atoms with Gasteiger partial charge in [0.15, 0.2) is 5.69 Å². The van der Waals surface area contributed by atoms with Gasteiger partial charge in [-0.3, -0.25) is 0 Å². The molecule has 0 radical (unpaired) electrons. The highest BCUT2D eigenvalue weighted by Crippen LogP contribution is 2.22. The van der Waals surface area contributed by atoms with Gasteiger partial charge in [0.2, 0.25) is 0 Å². The summed E-state index contributed by atoms with van der Waals surface area (Å²) in [4.78, 5) is 21.8. The van der Waals surface area contributed by atoms with E-state index in [1.807, 2.05) is 0 Å². The topological polar surface area (TPSA) is 55.3 Å². The maximum absolute atomic E-state index is 11.4. The fourth-order valence-electron chi connectivity index (χ4n) is 2.16. The first-order valence-electron chi connectivity index (χ1n) is 5.89. The monoisotopic (exact) mass is 235 g/mol. The van der Waals surface area contributed by atoms with Gasteiger partial charge < -0.3 is 9.64 Å². The van der Waals surface area contributed by atoms with E-state index >= 15 is 0 Å². The summed E-state index contributed by atoms with van der Waals surface area (Å²) in [6, 6.07) is 2.16. The third kappa shape index (κ3) is 2.54. The minimum atomic E-state index is -0.418. The fraction of sp³-hybridized carbons (Fsp3) is 0.583. The van der Waals surface area contributed by atoms with Crippen molar-refractivity contribution in [3.8, 4) is 0 Å².